The number of nitrogens with two attached hydrogens (primary N) is 1. The Hall–Kier alpha value is -1.18. The van der Waals surface area contributed by atoms with Crippen molar-refractivity contribution in [2.24, 2.45) is 5.73 Å². The molecule has 104 valence electrons. The number of carboxylic acids is 1. The molecule has 0 aliphatic carbocycles. The predicted octanol–water partition coefficient (Wildman–Crippen LogP) is -0.948. The molecule has 1 rings (SSSR count). The van der Waals surface area contributed by atoms with E-state index in [9.17, 15) is 9.59 Å². The minimum Gasteiger partial charge on any atom is -0.481 e. The van der Waals surface area contributed by atoms with Gasteiger partial charge in [0.2, 0.25) is 5.91 Å². The van der Waals surface area contributed by atoms with Crippen molar-refractivity contribution in [1.82, 2.24) is 4.90 Å². The van der Waals surface area contributed by atoms with Gasteiger partial charge in [-0.25, -0.2) is 0 Å². The largest absolute Gasteiger partial charge is 0.481 e. The zero-order valence-corrected chi connectivity index (χ0v) is 10.5. The Morgan fingerprint density at radius 2 is 2.33 bits per heavy atom. The lowest BCUT2D eigenvalue weighted by molar-refractivity contribution is -0.147. The summed E-state index contributed by atoms with van der Waals surface area (Å²) in [4.78, 5) is 24.3. The first-order valence-corrected chi connectivity index (χ1v) is 5.90. The molecule has 3 N–H and O–H groups in total. The Morgan fingerprint density at radius 3 is 2.94 bits per heavy atom. The van der Waals surface area contributed by atoms with Gasteiger partial charge in [-0.3, -0.25) is 9.59 Å². The van der Waals surface area contributed by atoms with Crippen LogP contribution in [0.5, 0.6) is 0 Å². The molecule has 0 aromatic rings. The third-order valence-electron chi connectivity index (χ3n) is 2.87. The summed E-state index contributed by atoms with van der Waals surface area (Å²) < 4.78 is 10.1. The topological polar surface area (TPSA) is 102 Å². The van der Waals surface area contributed by atoms with Crippen molar-refractivity contribution in [2.75, 3.05) is 33.5 Å². The molecule has 0 aromatic heterocycles. The van der Waals surface area contributed by atoms with Crippen molar-refractivity contribution in [3.63, 3.8) is 0 Å². The summed E-state index contributed by atoms with van der Waals surface area (Å²) in [5.74, 6) is -1.18. The quantitative estimate of drug-likeness (QED) is 0.638. The van der Waals surface area contributed by atoms with Crippen LogP contribution in [0.3, 0.4) is 0 Å². The zero-order chi connectivity index (χ0) is 13.5. The molecule has 7 heteroatoms. The molecule has 0 radical (unpaired) electrons. The third-order valence-corrected chi connectivity index (χ3v) is 2.87. The minimum absolute atomic E-state index is 0.122. The summed E-state index contributed by atoms with van der Waals surface area (Å²) in [5.41, 5.74) is 5.77. The van der Waals surface area contributed by atoms with Gasteiger partial charge in [-0.05, 0) is 6.42 Å². The molecule has 1 heterocycles. The van der Waals surface area contributed by atoms with E-state index < -0.39 is 18.1 Å². The van der Waals surface area contributed by atoms with E-state index in [1.165, 1.54) is 4.90 Å². The number of carbonyl (C=O) groups is 2. The smallest absolute Gasteiger partial charge is 0.305 e. The summed E-state index contributed by atoms with van der Waals surface area (Å²) >= 11 is 0. The van der Waals surface area contributed by atoms with Gasteiger partial charge in [0.05, 0.1) is 31.7 Å². The van der Waals surface area contributed by atoms with Crippen molar-refractivity contribution in [3.8, 4) is 0 Å². The van der Waals surface area contributed by atoms with Gasteiger partial charge in [-0.15, -0.1) is 0 Å². The number of carbonyl (C=O) groups excluding carboxylic acids is 1. The van der Waals surface area contributed by atoms with Crippen LogP contribution in [-0.4, -0.2) is 67.4 Å². The van der Waals surface area contributed by atoms with Crippen LogP contribution in [0.4, 0.5) is 0 Å². The lowest BCUT2D eigenvalue weighted by atomic mass is 10.1. The predicted molar refractivity (Wildman–Crippen MR) is 63.0 cm³/mol. The summed E-state index contributed by atoms with van der Waals surface area (Å²) in [6.45, 7) is 1.45. The summed E-state index contributed by atoms with van der Waals surface area (Å²) in [5, 5.41) is 8.80. The lowest BCUT2D eigenvalue weighted by Gasteiger charge is -2.36. The molecule has 0 saturated carbocycles. The van der Waals surface area contributed by atoms with Crippen LogP contribution in [0.15, 0.2) is 0 Å². The van der Waals surface area contributed by atoms with E-state index in [1.54, 1.807) is 7.11 Å². The van der Waals surface area contributed by atoms with Crippen molar-refractivity contribution in [3.05, 3.63) is 0 Å². The number of ether oxygens (including phenoxy) is 2. The molecule has 7 nitrogen and oxygen atoms in total. The first-order chi connectivity index (χ1) is 8.56. The monoisotopic (exact) mass is 260 g/mol. The van der Waals surface area contributed by atoms with Crippen molar-refractivity contribution in [1.29, 1.82) is 0 Å². The molecule has 0 bridgehead atoms. The number of morpholine rings is 1. The lowest BCUT2D eigenvalue weighted by Crippen LogP contribution is -2.54. The second kappa shape index (κ2) is 7.30. The third kappa shape index (κ3) is 4.25. The number of hydrogen-bond donors (Lipinski definition) is 2. The number of hydrogen-bond acceptors (Lipinski definition) is 5. The van der Waals surface area contributed by atoms with E-state index >= 15 is 0 Å². The summed E-state index contributed by atoms with van der Waals surface area (Å²) in [6.07, 6.45) is 0.301. The highest BCUT2D eigenvalue weighted by molar-refractivity contribution is 5.82. The maximum atomic E-state index is 12.1. The summed E-state index contributed by atoms with van der Waals surface area (Å²) in [6, 6.07) is -1.09. The fourth-order valence-electron chi connectivity index (χ4n) is 1.90. The average Bonchev–Trinajstić information content (AvgIpc) is 2.35. The second-order valence-corrected chi connectivity index (χ2v) is 4.25. The summed E-state index contributed by atoms with van der Waals surface area (Å²) in [7, 11) is 1.54. The fraction of sp³-hybridized carbons (Fsp3) is 0.818. The Kier molecular flexibility index (Phi) is 6.03. The number of aliphatic carboxylic acids is 1. The van der Waals surface area contributed by atoms with Crippen LogP contribution in [0, 0.1) is 0 Å². The Balaban J connectivity index is 2.58. The van der Waals surface area contributed by atoms with E-state index in [1.807, 2.05) is 0 Å². The van der Waals surface area contributed by atoms with Gasteiger partial charge >= 0.3 is 5.97 Å². The Morgan fingerprint density at radius 1 is 1.61 bits per heavy atom. The van der Waals surface area contributed by atoms with Gasteiger partial charge in [-0.1, -0.05) is 0 Å². The van der Waals surface area contributed by atoms with Gasteiger partial charge in [-0.2, -0.15) is 0 Å². The van der Waals surface area contributed by atoms with Crippen LogP contribution < -0.4 is 5.73 Å². The molecule has 0 spiro atoms. The van der Waals surface area contributed by atoms with E-state index in [0.29, 0.717) is 26.2 Å². The molecule has 18 heavy (non-hydrogen) atoms. The molecule has 2 unspecified atom stereocenters. The zero-order valence-electron chi connectivity index (χ0n) is 10.5. The van der Waals surface area contributed by atoms with Gasteiger partial charge in [0.1, 0.15) is 0 Å². The Labute approximate surface area is 106 Å². The van der Waals surface area contributed by atoms with Crippen LogP contribution in [0.2, 0.25) is 0 Å². The normalized spacial score (nSPS) is 21.7. The number of methoxy groups -OCH3 is 1. The SMILES string of the molecule is COCCC(N)C(=O)N1CCOCC1CC(=O)O. The molecule has 1 saturated heterocycles. The first-order valence-electron chi connectivity index (χ1n) is 5.90. The fourth-order valence-corrected chi connectivity index (χ4v) is 1.90. The molecule has 1 aliphatic heterocycles. The number of amides is 1. The van der Waals surface area contributed by atoms with Gasteiger partial charge in [0.15, 0.2) is 0 Å². The van der Waals surface area contributed by atoms with Crippen LogP contribution in [-0.2, 0) is 19.1 Å². The minimum atomic E-state index is -0.950. The highest BCUT2D eigenvalue weighted by Gasteiger charge is 2.31. The Bertz CT molecular complexity index is 297. The molecular formula is C11H20N2O5. The van der Waals surface area contributed by atoms with E-state index in [0.717, 1.165) is 0 Å². The van der Waals surface area contributed by atoms with E-state index in [4.69, 9.17) is 20.3 Å². The second-order valence-electron chi connectivity index (χ2n) is 4.25. The van der Waals surface area contributed by atoms with Crippen LogP contribution in [0.1, 0.15) is 12.8 Å². The molecule has 1 amide bonds. The number of nitrogens with zero attached hydrogens (tertiary/aromatic N) is 1. The maximum absolute atomic E-state index is 12.1. The molecule has 1 aliphatic rings. The van der Waals surface area contributed by atoms with E-state index in [-0.39, 0.29) is 18.9 Å². The maximum Gasteiger partial charge on any atom is 0.305 e. The van der Waals surface area contributed by atoms with Crippen molar-refractivity contribution >= 4 is 11.9 Å². The number of carboxylic acid groups (broad SMARTS) is 1. The molecule has 2 atom stereocenters. The molecule has 0 aromatic carbocycles. The average molecular weight is 260 g/mol. The number of rotatable bonds is 6. The first kappa shape index (κ1) is 14.9. The van der Waals surface area contributed by atoms with Gasteiger partial charge < -0.3 is 25.2 Å². The van der Waals surface area contributed by atoms with Crippen LogP contribution >= 0.6 is 0 Å². The highest BCUT2D eigenvalue weighted by atomic mass is 16.5. The van der Waals surface area contributed by atoms with Gasteiger partial charge in [0, 0.05) is 20.3 Å². The van der Waals surface area contributed by atoms with Crippen LogP contribution in [0.25, 0.3) is 0 Å². The molecule has 1 fully saturated rings. The van der Waals surface area contributed by atoms with E-state index in [2.05, 4.69) is 0 Å². The van der Waals surface area contributed by atoms with Crippen molar-refractivity contribution < 1.29 is 24.2 Å². The van der Waals surface area contributed by atoms with Crippen molar-refractivity contribution in [2.45, 2.75) is 24.9 Å². The standard InChI is InChI=1S/C11H20N2O5/c1-17-4-2-9(12)11(16)13-3-5-18-7-8(13)6-10(14)15/h8-9H,2-7,12H2,1H3,(H,14,15). The molecular weight excluding hydrogens is 240 g/mol. The van der Waals surface area contributed by atoms with Gasteiger partial charge in [0.25, 0.3) is 0 Å². The highest BCUT2D eigenvalue weighted by Crippen LogP contribution is 2.12.